The first-order valence-corrected chi connectivity index (χ1v) is 10.1. The molecule has 7 heteroatoms. The molecule has 2 rings (SSSR count). The predicted octanol–water partition coefficient (Wildman–Crippen LogP) is 4.26. The molecular formula is C24H29NO6. The molecule has 1 unspecified atom stereocenters. The molecule has 0 saturated carbocycles. The van der Waals surface area contributed by atoms with Gasteiger partial charge in [0.25, 0.3) is 0 Å². The van der Waals surface area contributed by atoms with Crippen molar-refractivity contribution in [3.63, 3.8) is 0 Å². The summed E-state index contributed by atoms with van der Waals surface area (Å²) in [6, 6.07) is 18.4. The lowest BCUT2D eigenvalue weighted by Crippen LogP contribution is -2.39. The zero-order valence-electron chi connectivity index (χ0n) is 18.1. The minimum absolute atomic E-state index is 0.0643. The third kappa shape index (κ3) is 8.90. The second kappa shape index (κ2) is 11.2. The van der Waals surface area contributed by atoms with Gasteiger partial charge in [-0.05, 0) is 31.9 Å². The summed E-state index contributed by atoms with van der Waals surface area (Å²) in [5.74, 6) is -2.93. The smallest absolute Gasteiger partial charge is 0.410 e. The zero-order valence-corrected chi connectivity index (χ0v) is 18.1. The van der Waals surface area contributed by atoms with E-state index in [2.05, 4.69) is 0 Å². The monoisotopic (exact) mass is 427 g/mol. The molecule has 2 aromatic carbocycles. The number of carboxylic acid groups (broad SMARTS) is 1. The molecule has 31 heavy (non-hydrogen) atoms. The molecule has 0 aromatic heterocycles. The number of nitrogens with zero attached hydrogens (tertiary/aromatic N) is 1. The van der Waals surface area contributed by atoms with E-state index in [0.29, 0.717) is 0 Å². The molecule has 2 aromatic rings. The summed E-state index contributed by atoms with van der Waals surface area (Å²) in [5, 5.41) is 9.64. The fraction of sp³-hybridized carbons (Fsp3) is 0.375. The largest absolute Gasteiger partial charge is 0.481 e. The van der Waals surface area contributed by atoms with E-state index in [9.17, 15) is 19.5 Å². The van der Waals surface area contributed by atoms with Crippen molar-refractivity contribution < 1.29 is 29.0 Å². The number of aliphatic carboxylic acids is 1. The molecule has 0 fully saturated rings. The lowest BCUT2D eigenvalue weighted by atomic mass is 10.0. The summed E-state index contributed by atoms with van der Waals surface area (Å²) in [4.78, 5) is 38.1. The first-order valence-electron chi connectivity index (χ1n) is 10.1. The van der Waals surface area contributed by atoms with Crippen molar-refractivity contribution in [2.75, 3.05) is 6.54 Å². The molecule has 0 heterocycles. The van der Waals surface area contributed by atoms with Crippen molar-refractivity contribution in [3.05, 3.63) is 71.8 Å². The summed E-state index contributed by atoms with van der Waals surface area (Å²) in [5.41, 5.74) is 0.915. The van der Waals surface area contributed by atoms with E-state index in [0.717, 1.165) is 11.1 Å². The van der Waals surface area contributed by atoms with E-state index in [1.54, 1.807) is 20.8 Å². The van der Waals surface area contributed by atoms with Gasteiger partial charge in [0.1, 0.15) is 12.2 Å². The summed E-state index contributed by atoms with van der Waals surface area (Å²) in [6.45, 7) is 5.18. The maximum absolute atomic E-state index is 12.8. The highest BCUT2D eigenvalue weighted by Gasteiger charge is 2.29. The van der Waals surface area contributed by atoms with Crippen LogP contribution in [-0.4, -0.2) is 40.2 Å². The molecule has 7 nitrogen and oxygen atoms in total. The van der Waals surface area contributed by atoms with Gasteiger partial charge in [-0.15, -0.1) is 0 Å². The normalized spacial score (nSPS) is 12.0. The van der Waals surface area contributed by atoms with E-state index >= 15 is 0 Å². The van der Waals surface area contributed by atoms with Gasteiger partial charge in [-0.3, -0.25) is 9.59 Å². The molecule has 166 valence electrons. The van der Waals surface area contributed by atoms with Gasteiger partial charge in [0.05, 0.1) is 12.3 Å². The number of amides is 1. The molecule has 1 amide bonds. The lowest BCUT2D eigenvalue weighted by molar-refractivity contribution is -0.160. The zero-order chi connectivity index (χ0) is 22.9. The quantitative estimate of drug-likeness (QED) is 0.601. The Bertz CT molecular complexity index is 861. The van der Waals surface area contributed by atoms with Crippen LogP contribution < -0.4 is 0 Å². The number of carbonyl (C=O) groups is 3. The SMILES string of the molecule is CC(C)(C)OC(=O)CC(CN(Cc1ccccc1)C(=O)OCc1ccccc1)C(=O)O. The number of carbonyl (C=O) groups excluding carboxylic acids is 2. The van der Waals surface area contributed by atoms with Gasteiger partial charge in [-0.2, -0.15) is 0 Å². The third-order valence-electron chi connectivity index (χ3n) is 4.30. The van der Waals surface area contributed by atoms with Crippen molar-refractivity contribution in [1.82, 2.24) is 4.90 Å². The van der Waals surface area contributed by atoms with E-state index in [4.69, 9.17) is 9.47 Å². The Morgan fingerprint density at radius 1 is 0.935 bits per heavy atom. The minimum atomic E-state index is -1.18. The van der Waals surface area contributed by atoms with E-state index < -0.39 is 29.6 Å². The molecule has 0 saturated heterocycles. The number of hydrogen-bond acceptors (Lipinski definition) is 5. The Balaban J connectivity index is 2.12. The van der Waals surface area contributed by atoms with Crippen LogP contribution in [0.1, 0.15) is 38.3 Å². The van der Waals surface area contributed by atoms with Crippen molar-refractivity contribution in [2.24, 2.45) is 5.92 Å². The highest BCUT2D eigenvalue weighted by atomic mass is 16.6. The first kappa shape index (κ1) is 23.9. The van der Waals surface area contributed by atoms with Crippen molar-refractivity contribution >= 4 is 18.0 Å². The highest BCUT2D eigenvalue weighted by molar-refractivity contribution is 5.80. The molecule has 0 spiro atoms. The average Bonchev–Trinajstić information content (AvgIpc) is 2.71. The molecule has 0 radical (unpaired) electrons. The second-order valence-electron chi connectivity index (χ2n) is 8.23. The Hall–Kier alpha value is -3.35. The minimum Gasteiger partial charge on any atom is -0.481 e. The van der Waals surface area contributed by atoms with Gasteiger partial charge in [0.2, 0.25) is 0 Å². The van der Waals surface area contributed by atoms with Crippen molar-refractivity contribution in [1.29, 1.82) is 0 Å². The van der Waals surface area contributed by atoms with E-state index in [-0.39, 0.29) is 26.1 Å². The standard InChI is InChI=1S/C24H29NO6/c1-24(2,3)31-21(26)14-20(22(27)28)16-25(15-18-10-6-4-7-11-18)23(29)30-17-19-12-8-5-9-13-19/h4-13,20H,14-17H2,1-3H3,(H,27,28). The third-order valence-corrected chi connectivity index (χ3v) is 4.30. The number of rotatable bonds is 9. The Morgan fingerprint density at radius 3 is 2.00 bits per heavy atom. The summed E-state index contributed by atoms with van der Waals surface area (Å²) in [7, 11) is 0. The van der Waals surface area contributed by atoms with Gasteiger partial charge in [-0.25, -0.2) is 4.79 Å². The molecule has 0 bridgehead atoms. The van der Waals surface area contributed by atoms with Crippen LogP contribution in [0.3, 0.4) is 0 Å². The fourth-order valence-electron chi connectivity index (χ4n) is 2.90. The van der Waals surface area contributed by atoms with Crippen LogP contribution in [-0.2, 0) is 32.2 Å². The molecule has 0 aliphatic carbocycles. The molecule has 1 N–H and O–H groups in total. The Morgan fingerprint density at radius 2 is 1.48 bits per heavy atom. The van der Waals surface area contributed by atoms with Crippen LogP contribution in [0.4, 0.5) is 4.79 Å². The highest BCUT2D eigenvalue weighted by Crippen LogP contribution is 2.16. The number of benzene rings is 2. The van der Waals surface area contributed by atoms with Crippen LogP contribution in [0, 0.1) is 5.92 Å². The fourth-order valence-corrected chi connectivity index (χ4v) is 2.90. The van der Waals surface area contributed by atoms with Gasteiger partial charge >= 0.3 is 18.0 Å². The average molecular weight is 427 g/mol. The van der Waals surface area contributed by atoms with Crippen LogP contribution in [0.2, 0.25) is 0 Å². The van der Waals surface area contributed by atoms with Crippen LogP contribution >= 0.6 is 0 Å². The van der Waals surface area contributed by atoms with Crippen molar-refractivity contribution in [3.8, 4) is 0 Å². The Kier molecular flexibility index (Phi) is 8.61. The topological polar surface area (TPSA) is 93.1 Å². The summed E-state index contributed by atoms with van der Waals surface area (Å²) < 4.78 is 10.7. The second-order valence-corrected chi connectivity index (χ2v) is 8.23. The van der Waals surface area contributed by atoms with Gasteiger partial charge in [0.15, 0.2) is 0 Å². The number of carboxylic acids is 1. The van der Waals surface area contributed by atoms with Gasteiger partial charge in [-0.1, -0.05) is 60.7 Å². The maximum Gasteiger partial charge on any atom is 0.410 e. The molecular weight excluding hydrogens is 398 g/mol. The van der Waals surface area contributed by atoms with Crippen molar-refractivity contribution in [2.45, 2.75) is 45.9 Å². The van der Waals surface area contributed by atoms with E-state index in [1.807, 2.05) is 60.7 Å². The van der Waals surface area contributed by atoms with Crippen LogP contribution in [0.5, 0.6) is 0 Å². The predicted molar refractivity (Wildman–Crippen MR) is 115 cm³/mol. The molecule has 0 aliphatic heterocycles. The number of esters is 1. The summed E-state index contributed by atoms with van der Waals surface area (Å²) in [6.07, 6.45) is -0.993. The van der Waals surface area contributed by atoms with Gasteiger partial charge in [0, 0.05) is 13.1 Å². The summed E-state index contributed by atoms with van der Waals surface area (Å²) >= 11 is 0. The van der Waals surface area contributed by atoms with E-state index in [1.165, 1.54) is 4.90 Å². The lowest BCUT2D eigenvalue weighted by Gasteiger charge is -2.26. The number of ether oxygens (including phenoxy) is 2. The Labute approximate surface area is 182 Å². The first-order chi connectivity index (χ1) is 14.6. The number of hydrogen-bond donors (Lipinski definition) is 1. The van der Waals surface area contributed by atoms with Crippen LogP contribution in [0.25, 0.3) is 0 Å². The molecule has 1 atom stereocenters. The molecule has 0 aliphatic rings. The maximum atomic E-state index is 12.8. The van der Waals surface area contributed by atoms with Crippen LogP contribution in [0.15, 0.2) is 60.7 Å². The van der Waals surface area contributed by atoms with Gasteiger partial charge < -0.3 is 19.5 Å².